The van der Waals surface area contributed by atoms with Crippen LogP contribution < -0.4 is 4.74 Å². The second kappa shape index (κ2) is 8.91. The molecule has 8 rings (SSSR count). The van der Waals surface area contributed by atoms with Crippen LogP contribution in [0.5, 0.6) is 5.75 Å². The molecule has 0 amide bonds. The second-order valence-electron chi connectivity index (χ2n) is 11.3. The van der Waals surface area contributed by atoms with Crippen LogP contribution in [0.3, 0.4) is 0 Å². The Kier molecular flexibility index (Phi) is 5.21. The summed E-state index contributed by atoms with van der Waals surface area (Å²) in [5, 5.41) is 1.36. The molecule has 3 aromatic rings. The highest BCUT2D eigenvalue weighted by Crippen LogP contribution is 2.47. The van der Waals surface area contributed by atoms with E-state index in [-0.39, 0.29) is 6.10 Å². The fourth-order valence-electron chi connectivity index (χ4n) is 7.28. The van der Waals surface area contributed by atoms with E-state index in [0.29, 0.717) is 11.8 Å². The lowest BCUT2D eigenvalue weighted by Gasteiger charge is -2.25. The summed E-state index contributed by atoms with van der Waals surface area (Å²) < 4.78 is 9.12. The highest BCUT2D eigenvalue weighted by Gasteiger charge is 2.34. The van der Waals surface area contributed by atoms with Crippen LogP contribution in [0.4, 0.5) is 0 Å². The van der Waals surface area contributed by atoms with Gasteiger partial charge in [0.2, 0.25) is 0 Å². The number of aromatic nitrogens is 1. The van der Waals surface area contributed by atoms with Gasteiger partial charge < -0.3 is 9.30 Å². The van der Waals surface area contributed by atoms with Gasteiger partial charge in [0.15, 0.2) is 0 Å². The number of nitrogens with zero attached hydrogens (tertiary/aromatic N) is 1. The molecule has 2 heterocycles. The first-order valence-corrected chi connectivity index (χ1v) is 14.4. The Balaban J connectivity index is 1.25. The van der Waals surface area contributed by atoms with Gasteiger partial charge in [0, 0.05) is 39.4 Å². The molecule has 2 nitrogen and oxygen atoms in total. The lowest BCUT2D eigenvalue weighted by Crippen LogP contribution is -2.15. The normalized spacial score (nSPS) is 25.0. The number of para-hydroxylation sites is 1. The molecule has 0 N–H and O–H groups in total. The van der Waals surface area contributed by atoms with Gasteiger partial charge in [-0.1, -0.05) is 72.9 Å². The number of rotatable bonds is 3. The molecular weight excluding hydrogens is 462 g/mol. The third-order valence-corrected chi connectivity index (χ3v) is 9.14. The smallest absolute Gasteiger partial charge is 0.132 e. The Morgan fingerprint density at radius 1 is 0.895 bits per heavy atom. The molecule has 1 aliphatic heterocycles. The van der Waals surface area contributed by atoms with Gasteiger partial charge in [-0.2, -0.15) is 0 Å². The van der Waals surface area contributed by atoms with Crippen molar-refractivity contribution in [2.24, 2.45) is 5.92 Å². The summed E-state index contributed by atoms with van der Waals surface area (Å²) in [6, 6.07) is 13.7. The molecule has 2 aromatic carbocycles. The number of fused-ring (bicyclic) bond motifs is 6. The highest BCUT2D eigenvalue weighted by molar-refractivity contribution is 5.97. The van der Waals surface area contributed by atoms with E-state index in [0.717, 1.165) is 31.4 Å². The Hall–Kier alpha value is -3.78. The Morgan fingerprint density at radius 2 is 1.87 bits per heavy atom. The number of hydrogen-bond acceptors (Lipinski definition) is 1. The van der Waals surface area contributed by atoms with Crippen LogP contribution in [0.2, 0.25) is 0 Å². The van der Waals surface area contributed by atoms with Crippen molar-refractivity contribution in [2.45, 2.75) is 57.0 Å². The molecule has 0 saturated carbocycles. The molecule has 3 unspecified atom stereocenters. The standard InChI is InChI=1S/C36H33NO/c1-2-10-24(11-3-1)25-12-8-13-27(22-25)37-33-18-6-4-14-29(33)32-23-26(20-21-34(32)37)28-16-9-17-31-30-15-5-7-19-35(30)38-36(28)31/h1-2,4-5,7,9,12,14-17,19-24,30,35H,3,6,8,10-11,13,18H2. The van der Waals surface area contributed by atoms with Crippen molar-refractivity contribution in [1.82, 2.24) is 4.57 Å². The van der Waals surface area contributed by atoms with Gasteiger partial charge in [0.05, 0.1) is 5.52 Å². The van der Waals surface area contributed by atoms with E-state index < -0.39 is 0 Å². The number of benzene rings is 2. The largest absolute Gasteiger partial charge is 0.484 e. The Labute approximate surface area is 225 Å². The molecule has 38 heavy (non-hydrogen) atoms. The summed E-state index contributed by atoms with van der Waals surface area (Å²) >= 11 is 0. The van der Waals surface area contributed by atoms with Crippen molar-refractivity contribution in [2.75, 3.05) is 0 Å². The van der Waals surface area contributed by atoms with Crippen LogP contribution in [0.15, 0.2) is 96.7 Å². The van der Waals surface area contributed by atoms with Crippen molar-refractivity contribution in [3.05, 3.63) is 113 Å². The summed E-state index contributed by atoms with van der Waals surface area (Å²) in [4.78, 5) is 0. The monoisotopic (exact) mass is 495 g/mol. The summed E-state index contributed by atoms with van der Waals surface area (Å²) in [6.45, 7) is 0. The average Bonchev–Trinajstić information content (AvgIpc) is 3.53. The van der Waals surface area contributed by atoms with Crippen molar-refractivity contribution in [1.29, 1.82) is 0 Å². The lowest BCUT2D eigenvalue weighted by molar-refractivity contribution is 0.270. The molecule has 3 atom stereocenters. The zero-order valence-electron chi connectivity index (χ0n) is 21.8. The van der Waals surface area contributed by atoms with Crippen LogP contribution in [0, 0.1) is 5.92 Å². The average molecular weight is 496 g/mol. The van der Waals surface area contributed by atoms with Gasteiger partial charge in [-0.3, -0.25) is 0 Å². The van der Waals surface area contributed by atoms with Crippen LogP contribution in [0.25, 0.3) is 33.8 Å². The summed E-state index contributed by atoms with van der Waals surface area (Å²) in [6.07, 6.45) is 31.4. The molecule has 1 aromatic heterocycles. The Morgan fingerprint density at radius 3 is 2.82 bits per heavy atom. The molecule has 0 radical (unpaired) electrons. The Bertz CT molecular complexity index is 1640. The van der Waals surface area contributed by atoms with Gasteiger partial charge in [0.25, 0.3) is 0 Å². The van der Waals surface area contributed by atoms with Gasteiger partial charge >= 0.3 is 0 Å². The summed E-state index contributed by atoms with van der Waals surface area (Å²) in [7, 11) is 0. The van der Waals surface area contributed by atoms with Crippen molar-refractivity contribution in [3.63, 3.8) is 0 Å². The number of hydrogen-bond donors (Lipinski definition) is 0. The molecule has 0 saturated heterocycles. The zero-order valence-corrected chi connectivity index (χ0v) is 21.8. The first-order chi connectivity index (χ1) is 18.8. The van der Waals surface area contributed by atoms with E-state index >= 15 is 0 Å². The first kappa shape index (κ1) is 22.2. The van der Waals surface area contributed by atoms with Gasteiger partial charge in [-0.05, 0) is 86.3 Å². The maximum atomic E-state index is 6.51. The third-order valence-electron chi connectivity index (χ3n) is 9.14. The molecule has 0 spiro atoms. The van der Waals surface area contributed by atoms with Crippen molar-refractivity contribution < 1.29 is 4.74 Å². The van der Waals surface area contributed by atoms with Crippen molar-refractivity contribution in [3.8, 4) is 16.9 Å². The first-order valence-electron chi connectivity index (χ1n) is 14.4. The van der Waals surface area contributed by atoms with Crippen LogP contribution >= 0.6 is 0 Å². The van der Waals surface area contributed by atoms with Crippen LogP contribution in [-0.2, 0) is 6.42 Å². The summed E-state index contributed by atoms with van der Waals surface area (Å²) in [5.41, 5.74) is 11.0. The topological polar surface area (TPSA) is 14.2 Å². The quantitative estimate of drug-likeness (QED) is 0.330. The molecule has 2 heteroatoms. The fraction of sp³-hybridized carbons (Fsp3) is 0.278. The van der Waals surface area contributed by atoms with E-state index in [4.69, 9.17) is 4.74 Å². The fourth-order valence-corrected chi connectivity index (χ4v) is 7.28. The van der Waals surface area contributed by atoms with E-state index in [1.807, 2.05) is 0 Å². The van der Waals surface area contributed by atoms with E-state index in [9.17, 15) is 0 Å². The van der Waals surface area contributed by atoms with E-state index in [1.165, 1.54) is 63.8 Å². The predicted molar refractivity (Wildman–Crippen MR) is 158 cm³/mol. The highest BCUT2D eigenvalue weighted by atomic mass is 16.5. The number of allylic oxidation sites excluding steroid dienone is 9. The molecule has 0 fully saturated rings. The maximum absolute atomic E-state index is 6.51. The maximum Gasteiger partial charge on any atom is 0.132 e. The zero-order chi connectivity index (χ0) is 25.1. The minimum atomic E-state index is 0.108. The van der Waals surface area contributed by atoms with Crippen LogP contribution in [-0.4, -0.2) is 10.7 Å². The van der Waals surface area contributed by atoms with E-state index in [2.05, 4.69) is 102 Å². The van der Waals surface area contributed by atoms with E-state index in [1.54, 1.807) is 5.57 Å². The summed E-state index contributed by atoms with van der Waals surface area (Å²) in [5.74, 6) is 2.04. The number of ether oxygens (including phenoxy) is 1. The second-order valence-corrected chi connectivity index (χ2v) is 11.3. The third kappa shape index (κ3) is 3.46. The van der Waals surface area contributed by atoms with Gasteiger partial charge in [0.1, 0.15) is 11.9 Å². The molecule has 188 valence electrons. The minimum Gasteiger partial charge on any atom is -0.484 e. The predicted octanol–water partition coefficient (Wildman–Crippen LogP) is 9.16. The molecule has 4 aliphatic carbocycles. The van der Waals surface area contributed by atoms with Crippen molar-refractivity contribution >= 4 is 22.7 Å². The van der Waals surface area contributed by atoms with Gasteiger partial charge in [-0.25, -0.2) is 0 Å². The SMILES string of the molecule is C1=CC2Oc3c(-c4ccc5c(c4)c4c(n5C5=CC(C6CC=CCC6)=CCC5)CCC=C4)cccc3C2C=C1. The lowest BCUT2D eigenvalue weighted by atomic mass is 9.84. The van der Waals surface area contributed by atoms with Crippen LogP contribution in [0.1, 0.15) is 61.3 Å². The van der Waals surface area contributed by atoms with Gasteiger partial charge in [-0.15, -0.1) is 0 Å². The minimum absolute atomic E-state index is 0.108. The molecular formula is C36H33NO. The molecule has 0 bridgehead atoms. The molecule has 5 aliphatic rings.